The second-order valence-corrected chi connectivity index (χ2v) is 7.45. The van der Waals surface area contributed by atoms with Gasteiger partial charge in [0.15, 0.2) is 11.3 Å². The molecule has 3 aromatic rings. The van der Waals surface area contributed by atoms with E-state index >= 15 is 0 Å². The predicted octanol–water partition coefficient (Wildman–Crippen LogP) is 1.03. The number of benzene rings is 1. The Labute approximate surface area is 181 Å². The van der Waals surface area contributed by atoms with Gasteiger partial charge in [-0.1, -0.05) is 12.1 Å². The van der Waals surface area contributed by atoms with E-state index < -0.39 is 17.7 Å². The molecule has 1 fully saturated rings. The van der Waals surface area contributed by atoms with Gasteiger partial charge in [-0.05, 0) is 37.8 Å². The van der Waals surface area contributed by atoms with Crippen molar-refractivity contribution in [3.8, 4) is 11.4 Å². The third-order valence-electron chi connectivity index (χ3n) is 5.39. The van der Waals surface area contributed by atoms with Crippen molar-refractivity contribution < 1.29 is 19.1 Å². The molecule has 1 saturated carbocycles. The topological polar surface area (TPSA) is 180 Å². The van der Waals surface area contributed by atoms with Crippen LogP contribution in [0.5, 0.6) is 5.75 Å². The van der Waals surface area contributed by atoms with E-state index in [1.807, 2.05) is 0 Å². The van der Waals surface area contributed by atoms with Crippen LogP contribution in [0.3, 0.4) is 0 Å². The molecule has 12 nitrogen and oxygen atoms in total. The molecule has 32 heavy (non-hydrogen) atoms. The highest BCUT2D eigenvalue weighted by molar-refractivity contribution is 6.02. The zero-order chi connectivity index (χ0) is 22.8. The molecule has 0 radical (unpaired) electrons. The van der Waals surface area contributed by atoms with Gasteiger partial charge in [0, 0.05) is 6.04 Å². The van der Waals surface area contributed by atoms with Crippen LogP contribution in [0.1, 0.15) is 36.2 Å². The first kappa shape index (κ1) is 21.2. The number of imidazole rings is 1. The highest BCUT2D eigenvalue weighted by Crippen LogP contribution is 2.27. The first-order chi connectivity index (χ1) is 15.4. The normalized spacial score (nSPS) is 18.3. The molecule has 1 aliphatic rings. The van der Waals surface area contributed by atoms with Crippen molar-refractivity contribution in [1.82, 2.24) is 19.5 Å². The van der Waals surface area contributed by atoms with Crippen molar-refractivity contribution >= 4 is 29.1 Å². The molecule has 0 atom stereocenters. The number of fused-ring (bicyclic) bond motifs is 1. The Morgan fingerprint density at radius 1 is 1.16 bits per heavy atom. The van der Waals surface area contributed by atoms with E-state index in [0.29, 0.717) is 37.1 Å². The van der Waals surface area contributed by atoms with Gasteiger partial charge in [0.05, 0.1) is 12.8 Å². The first-order valence-electron chi connectivity index (χ1n) is 10.1. The molecule has 12 heteroatoms. The van der Waals surface area contributed by atoms with Crippen molar-refractivity contribution in [3.05, 3.63) is 40.4 Å². The van der Waals surface area contributed by atoms with E-state index in [9.17, 15) is 14.4 Å². The minimum Gasteiger partial charge on any atom is -0.495 e. The number of hydrogen-bond acceptors (Lipinski definition) is 8. The predicted molar refractivity (Wildman–Crippen MR) is 115 cm³/mol. The van der Waals surface area contributed by atoms with E-state index in [0.717, 1.165) is 0 Å². The Kier molecular flexibility index (Phi) is 5.67. The largest absolute Gasteiger partial charge is 0.495 e. The quantitative estimate of drug-likeness (QED) is 0.438. The minimum atomic E-state index is -0.799. The molecule has 168 valence electrons. The SMILES string of the molecule is COc1ccccc1-n1c(=O)[nH]c2c(C(N)=O)nc(NC3CCC(OC(N)=O)CC3)nc21. The summed E-state index contributed by atoms with van der Waals surface area (Å²) in [6.07, 6.45) is 1.59. The summed E-state index contributed by atoms with van der Waals surface area (Å²) in [5.74, 6) is -0.183. The molecule has 1 aromatic carbocycles. The van der Waals surface area contributed by atoms with Gasteiger partial charge < -0.3 is 31.2 Å². The number of methoxy groups -OCH3 is 1. The number of para-hydroxylation sites is 2. The van der Waals surface area contributed by atoms with Crippen molar-refractivity contribution in [2.24, 2.45) is 11.5 Å². The van der Waals surface area contributed by atoms with Gasteiger partial charge in [-0.3, -0.25) is 4.79 Å². The fourth-order valence-corrected chi connectivity index (χ4v) is 3.94. The average Bonchev–Trinajstić information content (AvgIpc) is 3.09. The lowest BCUT2D eigenvalue weighted by Crippen LogP contribution is -2.33. The summed E-state index contributed by atoms with van der Waals surface area (Å²) < 4.78 is 11.7. The van der Waals surface area contributed by atoms with Gasteiger partial charge in [-0.2, -0.15) is 4.98 Å². The molecule has 2 amide bonds. The molecule has 0 spiro atoms. The monoisotopic (exact) mass is 441 g/mol. The van der Waals surface area contributed by atoms with Crippen molar-refractivity contribution in [2.45, 2.75) is 37.8 Å². The number of nitrogens with two attached hydrogens (primary N) is 2. The fraction of sp³-hybridized carbons (Fsp3) is 0.350. The van der Waals surface area contributed by atoms with Gasteiger partial charge in [0.2, 0.25) is 5.95 Å². The second kappa shape index (κ2) is 8.57. The molecule has 0 saturated heterocycles. The highest BCUT2D eigenvalue weighted by Gasteiger charge is 2.26. The third kappa shape index (κ3) is 4.06. The number of rotatable bonds is 6. The van der Waals surface area contributed by atoms with E-state index in [1.165, 1.54) is 11.7 Å². The van der Waals surface area contributed by atoms with Crippen LogP contribution in [-0.4, -0.2) is 50.8 Å². The maximum absolute atomic E-state index is 12.8. The van der Waals surface area contributed by atoms with Crippen LogP contribution in [-0.2, 0) is 4.74 Å². The maximum Gasteiger partial charge on any atom is 0.404 e. The summed E-state index contributed by atoms with van der Waals surface area (Å²) in [7, 11) is 1.49. The zero-order valence-corrected chi connectivity index (χ0v) is 17.3. The number of carbonyl (C=O) groups is 2. The van der Waals surface area contributed by atoms with E-state index in [-0.39, 0.29) is 35.0 Å². The molecular weight excluding hydrogens is 418 g/mol. The van der Waals surface area contributed by atoms with Crippen LogP contribution in [0.25, 0.3) is 16.9 Å². The number of carbonyl (C=O) groups excluding carboxylic acids is 2. The summed E-state index contributed by atoms with van der Waals surface area (Å²) in [4.78, 5) is 47.1. The summed E-state index contributed by atoms with van der Waals surface area (Å²) in [6, 6.07) is 6.92. The fourth-order valence-electron chi connectivity index (χ4n) is 3.94. The van der Waals surface area contributed by atoms with Crippen LogP contribution in [0, 0.1) is 0 Å². The Morgan fingerprint density at radius 3 is 2.53 bits per heavy atom. The molecule has 6 N–H and O–H groups in total. The Hall–Kier alpha value is -4.09. The molecule has 0 bridgehead atoms. The molecule has 0 unspecified atom stereocenters. The third-order valence-corrected chi connectivity index (χ3v) is 5.39. The summed E-state index contributed by atoms with van der Waals surface area (Å²) in [5, 5.41) is 3.20. The first-order valence-corrected chi connectivity index (χ1v) is 10.1. The lowest BCUT2D eigenvalue weighted by molar-refractivity contribution is 0.0805. The van der Waals surface area contributed by atoms with Gasteiger partial charge in [-0.15, -0.1) is 0 Å². The Bertz CT molecular complexity index is 1230. The second-order valence-electron chi connectivity index (χ2n) is 7.45. The number of aromatic nitrogens is 4. The number of amides is 2. The number of nitrogens with zero attached hydrogens (tertiary/aromatic N) is 3. The number of aromatic amines is 1. The average molecular weight is 441 g/mol. The van der Waals surface area contributed by atoms with Crippen LogP contribution >= 0.6 is 0 Å². The van der Waals surface area contributed by atoms with Crippen LogP contribution < -0.4 is 27.2 Å². The summed E-state index contributed by atoms with van der Waals surface area (Å²) in [6.45, 7) is 0. The minimum absolute atomic E-state index is 0.0220. The smallest absolute Gasteiger partial charge is 0.404 e. The van der Waals surface area contributed by atoms with E-state index in [1.54, 1.807) is 24.3 Å². The molecule has 2 heterocycles. The number of ether oxygens (including phenoxy) is 2. The standard InChI is InChI=1S/C20H23N7O5/c1-31-13-5-3-2-4-12(13)27-17-15(25-20(27)30)14(16(21)28)24-19(26-17)23-10-6-8-11(9-7-10)32-18(22)29/h2-5,10-11H,6-9H2,1H3,(H2,21,28)(H2,22,29)(H,25,30)(H,23,24,26). The maximum atomic E-state index is 12.8. The van der Waals surface area contributed by atoms with Gasteiger partial charge in [0.1, 0.15) is 17.4 Å². The molecule has 4 rings (SSSR count). The summed E-state index contributed by atoms with van der Waals surface area (Å²) >= 11 is 0. The number of hydrogen-bond donors (Lipinski definition) is 4. The van der Waals surface area contributed by atoms with Gasteiger partial charge in [-0.25, -0.2) is 19.1 Å². The van der Waals surface area contributed by atoms with Crippen molar-refractivity contribution in [3.63, 3.8) is 0 Å². The Morgan fingerprint density at radius 2 is 1.88 bits per heavy atom. The zero-order valence-electron chi connectivity index (χ0n) is 17.3. The number of H-pyrrole nitrogens is 1. The lowest BCUT2D eigenvalue weighted by Gasteiger charge is -2.28. The van der Waals surface area contributed by atoms with Gasteiger partial charge in [0.25, 0.3) is 5.91 Å². The molecule has 0 aliphatic heterocycles. The molecular formula is C20H23N7O5. The van der Waals surface area contributed by atoms with E-state index in [4.69, 9.17) is 20.9 Å². The molecule has 1 aliphatic carbocycles. The summed E-state index contributed by atoms with van der Waals surface area (Å²) in [5.41, 5.74) is 10.8. The van der Waals surface area contributed by atoms with Gasteiger partial charge >= 0.3 is 11.8 Å². The highest BCUT2D eigenvalue weighted by atomic mass is 16.6. The molecule has 2 aromatic heterocycles. The van der Waals surface area contributed by atoms with Crippen molar-refractivity contribution in [1.29, 1.82) is 0 Å². The van der Waals surface area contributed by atoms with Crippen LogP contribution in [0.2, 0.25) is 0 Å². The number of primary amides is 2. The van der Waals surface area contributed by atoms with E-state index in [2.05, 4.69) is 20.3 Å². The lowest BCUT2D eigenvalue weighted by atomic mass is 9.93. The number of nitrogens with one attached hydrogen (secondary N) is 2. The van der Waals surface area contributed by atoms with Crippen LogP contribution in [0.15, 0.2) is 29.1 Å². The number of anilines is 1. The van der Waals surface area contributed by atoms with Crippen molar-refractivity contribution in [2.75, 3.05) is 12.4 Å². The Balaban J connectivity index is 1.71. The van der Waals surface area contributed by atoms with Crippen LogP contribution in [0.4, 0.5) is 10.7 Å².